The van der Waals surface area contributed by atoms with E-state index >= 15 is 0 Å². The van der Waals surface area contributed by atoms with Crippen molar-refractivity contribution in [3.05, 3.63) is 28.8 Å². The molecule has 0 aliphatic carbocycles. The second-order valence-corrected chi connectivity index (χ2v) is 4.05. The molecule has 92 valence electrons. The first-order chi connectivity index (χ1) is 8.10. The molecule has 4 nitrogen and oxygen atoms in total. The fourth-order valence-corrected chi connectivity index (χ4v) is 1.86. The van der Waals surface area contributed by atoms with Gasteiger partial charge in [0.1, 0.15) is 0 Å². The van der Waals surface area contributed by atoms with Crippen molar-refractivity contribution in [2.45, 2.75) is 6.42 Å². The Balaban J connectivity index is 2.84. The van der Waals surface area contributed by atoms with Crippen LogP contribution in [-0.4, -0.2) is 32.8 Å². The first-order valence-electron chi connectivity index (χ1n) is 5.25. The van der Waals surface area contributed by atoms with Gasteiger partial charge in [0.2, 0.25) is 5.91 Å². The average molecular weight is 255 g/mol. The van der Waals surface area contributed by atoms with Crippen molar-refractivity contribution in [3.63, 3.8) is 0 Å². The number of halogens is 1. The summed E-state index contributed by atoms with van der Waals surface area (Å²) in [5.74, 6) is -0.0449. The number of hydrogen-bond donors (Lipinski definition) is 1. The van der Waals surface area contributed by atoms with Gasteiger partial charge in [0.15, 0.2) is 6.29 Å². The molecule has 0 saturated heterocycles. The molecule has 1 aromatic carbocycles. The van der Waals surface area contributed by atoms with Gasteiger partial charge in [-0.1, -0.05) is 17.7 Å². The topological polar surface area (TPSA) is 49.4 Å². The summed E-state index contributed by atoms with van der Waals surface area (Å²) in [6.07, 6.45) is 1.12. The van der Waals surface area contributed by atoms with E-state index < -0.39 is 0 Å². The second-order valence-electron chi connectivity index (χ2n) is 3.64. The summed E-state index contributed by atoms with van der Waals surface area (Å²) in [6.45, 7) is 0.504. The molecule has 0 aromatic heterocycles. The van der Waals surface area contributed by atoms with Gasteiger partial charge in [0.05, 0.1) is 10.7 Å². The SMILES string of the molecule is CNC(=O)CCN(C)c1c(Cl)cccc1C=O. The Labute approximate surface area is 106 Å². The van der Waals surface area contributed by atoms with Gasteiger partial charge in [-0.05, 0) is 12.1 Å². The zero-order valence-electron chi connectivity index (χ0n) is 9.87. The summed E-state index contributed by atoms with van der Waals surface area (Å²) in [7, 11) is 3.39. The zero-order valence-corrected chi connectivity index (χ0v) is 10.6. The minimum absolute atomic E-state index is 0.0449. The van der Waals surface area contributed by atoms with Crippen LogP contribution < -0.4 is 10.2 Å². The van der Waals surface area contributed by atoms with E-state index in [1.54, 1.807) is 37.2 Å². The third-order valence-electron chi connectivity index (χ3n) is 2.48. The number of rotatable bonds is 5. The van der Waals surface area contributed by atoms with E-state index in [0.717, 1.165) is 6.29 Å². The molecule has 0 radical (unpaired) electrons. The molecule has 0 bridgehead atoms. The third kappa shape index (κ3) is 3.46. The molecule has 0 spiro atoms. The highest BCUT2D eigenvalue weighted by molar-refractivity contribution is 6.33. The molecule has 1 rings (SSSR count). The monoisotopic (exact) mass is 254 g/mol. The van der Waals surface area contributed by atoms with Crippen LogP contribution in [0.4, 0.5) is 5.69 Å². The van der Waals surface area contributed by atoms with Crippen LogP contribution in [0.1, 0.15) is 16.8 Å². The van der Waals surface area contributed by atoms with Crippen LogP contribution >= 0.6 is 11.6 Å². The van der Waals surface area contributed by atoms with Crippen LogP contribution in [0.15, 0.2) is 18.2 Å². The molecular formula is C12H15ClN2O2. The minimum Gasteiger partial charge on any atom is -0.372 e. The molecular weight excluding hydrogens is 240 g/mol. The van der Waals surface area contributed by atoms with Gasteiger partial charge in [0.25, 0.3) is 0 Å². The summed E-state index contributed by atoms with van der Waals surface area (Å²) < 4.78 is 0. The molecule has 5 heteroatoms. The first kappa shape index (κ1) is 13.5. The number of anilines is 1. The average Bonchev–Trinajstić information content (AvgIpc) is 2.34. The lowest BCUT2D eigenvalue weighted by Crippen LogP contribution is -2.27. The Morgan fingerprint density at radius 1 is 1.53 bits per heavy atom. The van der Waals surface area contributed by atoms with E-state index in [4.69, 9.17) is 11.6 Å². The summed E-state index contributed by atoms with van der Waals surface area (Å²) in [6, 6.07) is 5.15. The largest absolute Gasteiger partial charge is 0.372 e. The Morgan fingerprint density at radius 3 is 2.82 bits per heavy atom. The Hall–Kier alpha value is -1.55. The van der Waals surface area contributed by atoms with Gasteiger partial charge in [-0.3, -0.25) is 9.59 Å². The van der Waals surface area contributed by atoms with Crippen molar-refractivity contribution in [1.82, 2.24) is 5.32 Å². The van der Waals surface area contributed by atoms with E-state index in [1.807, 2.05) is 0 Å². The van der Waals surface area contributed by atoms with Crippen LogP contribution in [-0.2, 0) is 4.79 Å². The Bertz CT molecular complexity index is 421. The fourth-order valence-electron chi connectivity index (χ4n) is 1.54. The van der Waals surface area contributed by atoms with Gasteiger partial charge < -0.3 is 10.2 Å². The van der Waals surface area contributed by atoms with Crippen LogP contribution in [0.3, 0.4) is 0 Å². The predicted molar refractivity (Wildman–Crippen MR) is 68.8 cm³/mol. The Morgan fingerprint density at radius 2 is 2.24 bits per heavy atom. The number of carbonyl (C=O) groups is 2. The molecule has 17 heavy (non-hydrogen) atoms. The van der Waals surface area contributed by atoms with Crippen molar-refractivity contribution in [3.8, 4) is 0 Å². The summed E-state index contributed by atoms with van der Waals surface area (Å²) in [4.78, 5) is 23.9. The van der Waals surface area contributed by atoms with Crippen molar-refractivity contribution in [2.24, 2.45) is 0 Å². The normalized spacial score (nSPS) is 9.82. The molecule has 0 aliphatic rings. The number of benzene rings is 1. The molecule has 0 saturated carbocycles. The number of carbonyl (C=O) groups excluding carboxylic acids is 2. The smallest absolute Gasteiger partial charge is 0.221 e. The zero-order chi connectivity index (χ0) is 12.8. The number of nitrogens with one attached hydrogen (secondary N) is 1. The number of nitrogens with zero attached hydrogens (tertiary/aromatic N) is 1. The highest BCUT2D eigenvalue weighted by atomic mass is 35.5. The third-order valence-corrected chi connectivity index (χ3v) is 2.78. The maximum absolute atomic E-state index is 11.1. The molecule has 0 atom stereocenters. The summed E-state index contributed by atoms with van der Waals surface area (Å²) in [5.41, 5.74) is 1.19. The lowest BCUT2D eigenvalue weighted by Gasteiger charge is -2.21. The van der Waals surface area contributed by atoms with E-state index in [-0.39, 0.29) is 5.91 Å². The lowest BCUT2D eigenvalue weighted by atomic mass is 10.1. The number of amides is 1. The van der Waals surface area contributed by atoms with E-state index in [9.17, 15) is 9.59 Å². The van der Waals surface area contributed by atoms with Crippen molar-refractivity contribution >= 4 is 29.5 Å². The minimum atomic E-state index is -0.0449. The molecule has 0 fully saturated rings. The standard InChI is InChI=1S/C12H15ClN2O2/c1-14-11(17)6-7-15(2)12-9(8-16)4-3-5-10(12)13/h3-5,8H,6-7H2,1-2H3,(H,14,17). The number of hydrogen-bond acceptors (Lipinski definition) is 3. The lowest BCUT2D eigenvalue weighted by molar-refractivity contribution is -0.120. The van der Waals surface area contributed by atoms with E-state index in [1.165, 1.54) is 0 Å². The summed E-state index contributed by atoms with van der Waals surface area (Å²) >= 11 is 6.05. The van der Waals surface area contributed by atoms with Crippen molar-refractivity contribution in [2.75, 3.05) is 25.5 Å². The van der Waals surface area contributed by atoms with Crippen LogP contribution in [0, 0.1) is 0 Å². The van der Waals surface area contributed by atoms with E-state index in [0.29, 0.717) is 29.2 Å². The quantitative estimate of drug-likeness (QED) is 0.814. The predicted octanol–water partition coefficient (Wildman–Crippen LogP) is 1.72. The molecule has 1 amide bonds. The molecule has 0 unspecified atom stereocenters. The second kappa shape index (κ2) is 6.25. The highest BCUT2D eigenvalue weighted by Crippen LogP contribution is 2.28. The van der Waals surface area contributed by atoms with Gasteiger partial charge in [0, 0.05) is 32.6 Å². The molecule has 0 heterocycles. The van der Waals surface area contributed by atoms with Crippen molar-refractivity contribution < 1.29 is 9.59 Å². The maximum atomic E-state index is 11.1. The molecule has 1 N–H and O–H groups in total. The van der Waals surface area contributed by atoms with E-state index in [2.05, 4.69) is 5.32 Å². The van der Waals surface area contributed by atoms with Crippen molar-refractivity contribution in [1.29, 1.82) is 0 Å². The van der Waals surface area contributed by atoms with Crippen LogP contribution in [0.25, 0.3) is 0 Å². The van der Waals surface area contributed by atoms with Gasteiger partial charge in [-0.15, -0.1) is 0 Å². The first-order valence-corrected chi connectivity index (χ1v) is 5.63. The number of para-hydroxylation sites is 1. The highest BCUT2D eigenvalue weighted by Gasteiger charge is 2.12. The Kier molecular flexibility index (Phi) is 4.97. The van der Waals surface area contributed by atoms with Gasteiger partial charge in [-0.2, -0.15) is 0 Å². The van der Waals surface area contributed by atoms with Gasteiger partial charge >= 0.3 is 0 Å². The fraction of sp³-hybridized carbons (Fsp3) is 0.333. The maximum Gasteiger partial charge on any atom is 0.221 e. The van der Waals surface area contributed by atoms with Crippen LogP contribution in [0.2, 0.25) is 5.02 Å². The molecule has 1 aromatic rings. The molecule has 0 aliphatic heterocycles. The van der Waals surface area contributed by atoms with Gasteiger partial charge in [-0.25, -0.2) is 0 Å². The number of aldehydes is 1. The summed E-state index contributed by atoms with van der Waals surface area (Å²) in [5, 5.41) is 3.06. The van der Waals surface area contributed by atoms with Crippen LogP contribution in [0.5, 0.6) is 0 Å².